The van der Waals surface area contributed by atoms with Gasteiger partial charge in [-0.25, -0.2) is 4.98 Å². The van der Waals surface area contributed by atoms with Gasteiger partial charge in [0.2, 0.25) is 5.91 Å². The van der Waals surface area contributed by atoms with Crippen LogP contribution in [-0.2, 0) is 11.3 Å². The van der Waals surface area contributed by atoms with E-state index in [9.17, 15) is 4.79 Å². The van der Waals surface area contributed by atoms with Crippen molar-refractivity contribution < 1.29 is 9.32 Å². The fraction of sp³-hybridized carbons (Fsp3) is 0.278. The zero-order valence-electron chi connectivity index (χ0n) is 14.8. The van der Waals surface area contributed by atoms with E-state index in [0.717, 1.165) is 27.9 Å². The van der Waals surface area contributed by atoms with Crippen LogP contribution in [0.4, 0.5) is 0 Å². The molecule has 3 rings (SSSR count). The Morgan fingerprint density at radius 3 is 2.92 bits per heavy atom. The minimum absolute atomic E-state index is 0.00646. The lowest BCUT2D eigenvalue weighted by Gasteiger charge is -2.16. The molecule has 0 saturated heterocycles. The fourth-order valence-corrected chi connectivity index (χ4v) is 3.57. The van der Waals surface area contributed by atoms with Crippen LogP contribution in [0, 0.1) is 13.8 Å². The molecular formula is C18H19ClN4O2S. The Balaban J connectivity index is 1.66. The van der Waals surface area contributed by atoms with Crippen LogP contribution in [0.2, 0.25) is 5.02 Å². The highest BCUT2D eigenvalue weighted by Gasteiger charge is 2.15. The summed E-state index contributed by atoms with van der Waals surface area (Å²) >= 11 is 7.61. The predicted molar refractivity (Wildman–Crippen MR) is 102 cm³/mol. The first-order valence-corrected chi connectivity index (χ1v) is 9.40. The van der Waals surface area contributed by atoms with Crippen molar-refractivity contribution >= 4 is 29.3 Å². The first kappa shape index (κ1) is 18.5. The maximum Gasteiger partial charge on any atom is 0.233 e. The third-order valence-electron chi connectivity index (χ3n) is 3.93. The molecule has 0 spiro atoms. The van der Waals surface area contributed by atoms with Gasteiger partial charge < -0.3 is 9.42 Å². The van der Waals surface area contributed by atoms with Crippen LogP contribution in [0.3, 0.4) is 0 Å². The molecule has 6 nitrogen and oxygen atoms in total. The summed E-state index contributed by atoms with van der Waals surface area (Å²) in [5.74, 6) is 1.01. The average Bonchev–Trinajstić information content (AvgIpc) is 3.24. The molecule has 0 saturated carbocycles. The molecule has 3 aromatic rings. The van der Waals surface area contributed by atoms with Gasteiger partial charge in [0.05, 0.1) is 18.0 Å². The molecule has 2 aromatic heterocycles. The van der Waals surface area contributed by atoms with Crippen molar-refractivity contribution in [1.29, 1.82) is 0 Å². The Bertz CT molecular complexity index is 922. The Hall–Kier alpha value is -2.25. The van der Waals surface area contributed by atoms with Crippen molar-refractivity contribution in [2.24, 2.45) is 0 Å². The van der Waals surface area contributed by atoms with Gasteiger partial charge in [-0.1, -0.05) is 34.6 Å². The van der Waals surface area contributed by atoms with Gasteiger partial charge in [-0.05, 0) is 31.5 Å². The molecule has 0 fully saturated rings. The molecule has 1 aromatic carbocycles. The van der Waals surface area contributed by atoms with Gasteiger partial charge in [-0.2, -0.15) is 0 Å². The van der Waals surface area contributed by atoms with Crippen LogP contribution in [0.1, 0.15) is 17.0 Å². The van der Waals surface area contributed by atoms with E-state index < -0.39 is 0 Å². The minimum atomic E-state index is -0.00646. The summed E-state index contributed by atoms with van der Waals surface area (Å²) < 4.78 is 6.98. The average molecular weight is 391 g/mol. The van der Waals surface area contributed by atoms with Crippen molar-refractivity contribution in [1.82, 2.24) is 19.6 Å². The molecule has 2 heterocycles. The molecule has 0 atom stereocenters. The lowest BCUT2D eigenvalue weighted by molar-refractivity contribution is -0.127. The number of nitrogens with zero attached hydrogens (tertiary/aromatic N) is 4. The van der Waals surface area contributed by atoms with E-state index in [2.05, 4.69) is 10.1 Å². The van der Waals surface area contributed by atoms with Gasteiger partial charge in [0.15, 0.2) is 5.16 Å². The fourth-order valence-electron chi connectivity index (χ4n) is 2.50. The van der Waals surface area contributed by atoms with Crippen LogP contribution in [0.25, 0.3) is 5.69 Å². The van der Waals surface area contributed by atoms with Crippen LogP contribution in [0.15, 0.2) is 46.3 Å². The zero-order valence-corrected chi connectivity index (χ0v) is 16.3. The van der Waals surface area contributed by atoms with Gasteiger partial charge in [-0.15, -0.1) is 0 Å². The highest BCUT2D eigenvalue weighted by atomic mass is 35.5. The van der Waals surface area contributed by atoms with E-state index in [-0.39, 0.29) is 11.7 Å². The number of aromatic nitrogens is 3. The largest absolute Gasteiger partial charge is 0.361 e. The van der Waals surface area contributed by atoms with E-state index in [1.807, 2.05) is 48.9 Å². The number of carbonyl (C=O) groups excluding carboxylic acids is 1. The van der Waals surface area contributed by atoms with Crippen molar-refractivity contribution in [3.63, 3.8) is 0 Å². The van der Waals surface area contributed by atoms with Gasteiger partial charge in [-0.3, -0.25) is 9.36 Å². The number of hydrogen-bond donors (Lipinski definition) is 0. The molecule has 0 unspecified atom stereocenters. The minimum Gasteiger partial charge on any atom is -0.361 e. The number of rotatable bonds is 6. The lowest BCUT2D eigenvalue weighted by atomic mass is 10.2. The Morgan fingerprint density at radius 2 is 2.19 bits per heavy atom. The quantitative estimate of drug-likeness (QED) is 0.597. The standard InChI is InChI=1S/C18H19ClN4O2S/c1-12-9-14(21-25-12)10-22(3)17(24)11-26-18-20-7-8-23(18)16-6-4-5-15(19)13(16)2/h4-9H,10-11H2,1-3H3. The molecule has 0 aliphatic rings. The predicted octanol–water partition coefficient (Wildman–Crippen LogP) is 3.88. The van der Waals surface area contributed by atoms with Gasteiger partial charge in [0.25, 0.3) is 0 Å². The van der Waals surface area contributed by atoms with E-state index in [4.69, 9.17) is 16.1 Å². The highest BCUT2D eigenvalue weighted by Crippen LogP contribution is 2.26. The SMILES string of the molecule is Cc1cc(CN(C)C(=O)CSc2nccn2-c2cccc(Cl)c2C)no1. The van der Waals surface area contributed by atoms with Gasteiger partial charge in [0.1, 0.15) is 11.5 Å². The van der Waals surface area contributed by atoms with E-state index in [0.29, 0.717) is 11.6 Å². The van der Waals surface area contributed by atoms with Crippen LogP contribution in [0.5, 0.6) is 0 Å². The molecule has 0 radical (unpaired) electrons. The second-order valence-corrected chi connectivity index (χ2v) is 7.28. The Morgan fingerprint density at radius 1 is 1.38 bits per heavy atom. The highest BCUT2D eigenvalue weighted by molar-refractivity contribution is 7.99. The molecule has 0 aliphatic heterocycles. The van der Waals surface area contributed by atoms with Crippen molar-refractivity contribution in [2.75, 3.05) is 12.8 Å². The summed E-state index contributed by atoms with van der Waals surface area (Å²) in [7, 11) is 1.75. The number of hydrogen-bond acceptors (Lipinski definition) is 5. The van der Waals surface area contributed by atoms with E-state index >= 15 is 0 Å². The molecule has 8 heteroatoms. The van der Waals surface area contributed by atoms with Crippen molar-refractivity contribution in [3.8, 4) is 5.69 Å². The number of benzene rings is 1. The third-order valence-corrected chi connectivity index (χ3v) is 5.29. The summed E-state index contributed by atoms with van der Waals surface area (Å²) in [5.41, 5.74) is 2.66. The second kappa shape index (κ2) is 7.97. The summed E-state index contributed by atoms with van der Waals surface area (Å²) in [5, 5.41) is 5.36. The second-order valence-electron chi connectivity index (χ2n) is 5.93. The van der Waals surface area contributed by atoms with E-state index in [1.54, 1.807) is 18.1 Å². The molecule has 0 aliphatic carbocycles. The number of aryl methyl sites for hydroxylation is 1. The number of imidazole rings is 1. The normalized spacial score (nSPS) is 10.9. The van der Waals surface area contributed by atoms with Crippen molar-refractivity contribution in [3.05, 3.63) is 58.7 Å². The van der Waals surface area contributed by atoms with Crippen LogP contribution in [-0.4, -0.2) is 38.3 Å². The third kappa shape index (κ3) is 4.11. The number of carbonyl (C=O) groups is 1. The first-order valence-electron chi connectivity index (χ1n) is 8.03. The molecule has 0 N–H and O–H groups in total. The summed E-state index contributed by atoms with van der Waals surface area (Å²) in [4.78, 5) is 18.4. The first-order chi connectivity index (χ1) is 12.5. The lowest BCUT2D eigenvalue weighted by Crippen LogP contribution is -2.28. The zero-order chi connectivity index (χ0) is 18.7. The van der Waals surface area contributed by atoms with Gasteiger partial charge in [0, 0.05) is 30.5 Å². The number of halogens is 1. The summed E-state index contributed by atoms with van der Waals surface area (Å²) in [6.07, 6.45) is 3.59. The number of amides is 1. The van der Waals surface area contributed by atoms with Crippen LogP contribution >= 0.6 is 23.4 Å². The summed E-state index contributed by atoms with van der Waals surface area (Å²) in [6, 6.07) is 7.56. The summed E-state index contributed by atoms with van der Waals surface area (Å²) in [6.45, 7) is 4.20. The van der Waals surface area contributed by atoms with Gasteiger partial charge >= 0.3 is 0 Å². The Kier molecular flexibility index (Phi) is 5.68. The van der Waals surface area contributed by atoms with Crippen molar-refractivity contribution in [2.45, 2.75) is 25.5 Å². The monoisotopic (exact) mass is 390 g/mol. The van der Waals surface area contributed by atoms with Crippen LogP contribution < -0.4 is 0 Å². The number of thioether (sulfide) groups is 1. The molecule has 1 amide bonds. The molecular weight excluding hydrogens is 372 g/mol. The maximum atomic E-state index is 12.4. The molecule has 136 valence electrons. The topological polar surface area (TPSA) is 64.2 Å². The van der Waals surface area contributed by atoms with E-state index in [1.165, 1.54) is 11.8 Å². The molecule has 26 heavy (non-hydrogen) atoms. The smallest absolute Gasteiger partial charge is 0.233 e. The maximum absolute atomic E-state index is 12.4. The molecule has 0 bridgehead atoms. The Labute approximate surface area is 161 Å².